The number of aliphatic hydroxyl groups excluding tert-OH is 2. The monoisotopic (exact) mass is 1630 g/mol. The molecule has 20 heteroatoms. The number of rotatable bonds is 6. The fourth-order valence-electron chi connectivity index (χ4n) is 24.8. The molecule has 11 saturated carbocycles. The highest BCUT2D eigenvalue weighted by atomic mass is 28.4. The van der Waals surface area contributed by atoms with Crippen LogP contribution in [-0.4, -0.2) is 159 Å². The number of hydrogen-bond acceptors (Lipinski definition) is 17. The van der Waals surface area contributed by atoms with Crippen LogP contribution in [0.15, 0.2) is 23.0 Å². The number of allylic oxidation sites excluding steroid dienone is 2. The van der Waals surface area contributed by atoms with Gasteiger partial charge >= 0.3 is 0 Å². The Labute approximate surface area is 687 Å². The lowest BCUT2D eigenvalue weighted by molar-refractivity contribution is -0.243. The molecule has 646 valence electrons. The number of carbonyl (C=O) groups is 4. The van der Waals surface area contributed by atoms with E-state index < -0.39 is 30.7 Å². The lowest BCUT2D eigenvalue weighted by Gasteiger charge is -2.52. The van der Waals surface area contributed by atoms with Crippen LogP contribution in [0.25, 0.3) is 0 Å². The van der Waals surface area contributed by atoms with Gasteiger partial charge in [-0.3, -0.25) is 19.2 Å². The Morgan fingerprint density at radius 3 is 1.23 bits per heavy atom. The van der Waals surface area contributed by atoms with Crippen molar-refractivity contribution >= 4 is 48.1 Å². The zero-order chi connectivity index (χ0) is 83.5. The number of fused-ring (bicyclic) bond motifs is 6. The SMILES string of the molecule is CC1=C2CC[C@H](O[Si](C)(C)C(C)(C)C)[C@@]2(C)CCC1=O.C[C@@H]1C(=O)CC[C@]2(C)[C@@H](O[Si](C)(C)C(C)(C)C)CC[C@@H]12.C[C@H]1[C@@H]2C/C(=C/O)C(=O)[C@@]2(C)CCC12OCCO2.C[C@H]1[C@@H]2CCC(=O)[C@@]2(C)CCC12OCCO2.C[C@H]1[C@@H]2CC[C@H](O)[C@@]2(C)CCC12OCCO2.C[C@H]1[C@@H]2CC[C@H](O[Si](C)(C)C(C)(C)C)[C@@]2(C)CCC12OCCO2. The van der Waals surface area contributed by atoms with Crippen LogP contribution in [0.3, 0.4) is 0 Å². The van der Waals surface area contributed by atoms with Crippen LogP contribution < -0.4 is 0 Å². The molecule has 2 N–H and O–H groups in total. The molecule has 4 heterocycles. The summed E-state index contributed by atoms with van der Waals surface area (Å²) in [6, 6.07) is 0. The number of Topliss-reactive ketones (excluding diaryl/α,β-unsaturated/α-hetero) is 4. The standard InChI is InChI=1S/C19H36O3Si.C17H32O2Si.C17H30O2Si.C14H20O4.C13H22O3.C13H20O3/c1-14-15-8-9-16(22-23(6,7)17(2,3)4)18(15,5)10-11-19(14)20-12-13-21-19;2*1-12-13-8-9-15(17(13,5)11-10-14(12)18)19-20(6,7)16(2,3)4;1-9-11-7-10(8-15)12(16)13(11,2)3-4-14(9)17-5-6-18-14;2*1-9-10-3-4-11(14)12(10,2)5-6-13(9)15-7-8-16-13/h14-16H,8-13H2,1-7H3;12-13,15H,8-11H2,1-7H3;15H,8-11H2,1-7H3;8-9,11,15H,3-7H2,1-2H3;9-11,14H,3-8H2,1-2H3;9-10H,3-8H2,1-2H3/b;;;10-8-;;/t14-,15-,16-,18-;12-,13-,15-,17-;15-,17-;9-,11-,13-;9-,10-,11-,12-;9-,10-,12-/m000000/s1. The van der Waals surface area contributed by atoms with E-state index in [-0.39, 0.29) is 94.6 Å². The zero-order valence-electron chi connectivity index (χ0n) is 76.1. The maximum Gasteiger partial charge on any atom is 0.192 e. The third kappa shape index (κ3) is 16.5. The first kappa shape index (κ1) is 91.9. The topological polar surface area (TPSA) is 210 Å². The van der Waals surface area contributed by atoms with Crippen molar-refractivity contribution in [3.63, 3.8) is 0 Å². The van der Waals surface area contributed by atoms with E-state index in [1.165, 1.54) is 31.3 Å². The van der Waals surface area contributed by atoms with Crippen molar-refractivity contribution in [3.8, 4) is 0 Å². The van der Waals surface area contributed by atoms with Crippen molar-refractivity contribution in [1.29, 1.82) is 0 Å². The van der Waals surface area contributed by atoms with E-state index in [1.54, 1.807) is 0 Å². The Hall–Kier alpha value is -1.87. The number of aliphatic hydroxyl groups is 2. The zero-order valence-corrected chi connectivity index (χ0v) is 79.1. The molecule has 15 fully saturated rings. The van der Waals surface area contributed by atoms with Gasteiger partial charge in [-0.05, 0) is 215 Å². The minimum absolute atomic E-state index is 0.0972. The molecule has 16 aliphatic rings. The van der Waals surface area contributed by atoms with Gasteiger partial charge in [0.1, 0.15) is 11.6 Å². The molecule has 4 saturated heterocycles. The van der Waals surface area contributed by atoms with E-state index in [1.807, 2.05) is 13.8 Å². The van der Waals surface area contributed by atoms with Crippen molar-refractivity contribution in [2.24, 2.45) is 91.7 Å². The summed E-state index contributed by atoms with van der Waals surface area (Å²) in [6.07, 6.45) is 24.3. The molecule has 17 nitrogen and oxygen atoms in total. The van der Waals surface area contributed by atoms with Crippen LogP contribution in [-0.2, 0) is 70.4 Å². The molecule has 12 aliphatic carbocycles. The molecule has 4 spiro atoms. The average Bonchev–Trinajstić information content (AvgIpc) is 1.66. The summed E-state index contributed by atoms with van der Waals surface area (Å²) in [5.74, 6) is 3.95. The highest BCUT2D eigenvalue weighted by molar-refractivity contribution is 6.75. The van der Waals surface area contributed by atoms with Gasteiger partial charge in [-0.2, -0.15) is 0 Å². The van der Waals surface area contributed by atoms with E-state index in [4.69, 9.17) is 51.2 Å². The molecular weight excluding hydrogens is 1470 g/mol. The van der Waals surface area contributed by atoms with Gasteiger partial charge in [0, 0.05) is 96.4 Å². The second-order valence-electron chi connectivity index (χ2n) is 44.8. The Morgan fingerprint density at radius 2 is 0.779 bits per heavy atom. The van der Waals surface area contributed by atoms with Gasteiger partial charge < -0.3 is 61.4 Å². The Bertz CT molecular complexity index is 3460. The first-order valence-corrected chi connectivity index (χ1v) is 53.9. The van der Waals surface area contributed by atoms with Crippen molar-refractivity contribution in [3.05, 3.63) is 23.0 Å². The molecule has 0 aromatic rings. The summed E-state index contributed by atoms with van der Waals surface area (Å²) in [7, 11) is -5.17. The number of ketones is 4. The summed E-state index contributed by atoms with van der Waals surface area (Å²) in [5.41, 5.74) is 3.24. The lowest BCUT2D eigenvalue weighted by Crippen LogP contribution is -2.54. The summed E-state index contributed by atoms with van der Waals surface area (Å²) < 4.78 is 67.6. The van der Waals surface area contributed by atoms with Crippen molar-refractivity contribution < 1.29 is 80.6 Å². The highest BCUT2D eigenvalue weighted by Gasteiger charge is 2.66. The summed E-state index contributed by atoms with van der Waals surface area (Å²) in [4.78, 5) is 48.3. The highest BCUT2D eigenvalue weighted by Crippen LogP contribution is 2.65. The van der Waals surface area contributed by atoms with E-state index in [9.17, 15) is 29.4 Å². The molecule has 0 unspecified atom stereocenters. The smallest absolute Gasteiger partial charge is 0.192 e. The fraction of sp³-hybridized carbons (Fsp3) is 0.914. The van der Waals surface area contributed by atoms with Crippen LogP contribution in [0.1, 0.15) is 293 Å². The molecular formula is C93H160O17Si3. The van der Waals surface area contributed by atoms with Gasteiger partial charge in [0.05, 0.1) is 83.5 Å². The molecule has 0 aromatic heterocycles. The van der Waals surface area contributed by atoms with Crippen LogP contribution in [0.5, 0.6) is 0 Å². The van der Waals surface area contributed by atoms with Gasteiger partial charge in [-0.25, -0.2) is 0 Å². The number of carbonyl (C=O) groups excluding carboxylic acids is 4. The second kappa shape index (κ2) is 32.7. The third-order valence-corrected chi connectivity index (χ3v) is 49.7. The largest absolute Gasteiger partial charge is 0.515 e. The second-order valence-corrected chi connectivity index (χ2v) is 59.1. The van der Waals surface area contributed by atoms with Gasteiger partial charge in [-0.1, -0.05) is 144 Å². The summed E-state index contributed by atoms with van der Waals surface area (Å²) in [6.45, 7) is 67.3. The van der Waals surface area contributed by atoms with Gasteiger partial charge in [-0.15, -0.1) is 0 Å². The van der Waals surface area contributed by atoms with Gasteiger partial charge in [0.15, 0.2) is 59.7 Å². The first-order chi connectivity index (χ1) is 52.2. The van der Waals surface area contributed by atoms with Crippen LogP contribution in [0, 0.1) is 91.7 Å². The van der Waals surface area contributed by atoms with Crippen molar-refractivity contribution in [2.75, 3.05) is 52.9 Å². The quantitative estimate of drug-likeness (QED) is 0.144. The van der Waals surface area contributed by atoms with Crippen molar-refractivity contribution in [2.45, 2.75) is 395 Å². The van der Waals surface area contributed by atoms with E-state index in [0.29, 0.717) is 122 Å². The van der Waals surface area contributed by atoms with Crippen LogP contribution in [0.4, 0.5) is 0 Å². The van der Waals surface area contributed by atoms with E-state index in [2.05, 4.69) is 171 Å². The van der Waals surface area contributed by atoms with Crippen molar-refractivity contribution in [1.82, 2.24) is 0 Å². The average molecular weight is 1630 g/mol. The summed E-state index contributed by atoms with van der Waals surface area (Å²) >= 11 is 0. The predicted molar refractivity (Wildman–Crippen MR) is 452 cm³/mol. The molecule has 4 aliphatic heterocycles. The van der Waals surface area contributed by atoms with E-state index in [0.717, 1.165) is 147 Å². The third-order valence-electron chi connectivity index (χ3n) is 36.2. The first-order valence-electron chi connectivity index (χ1n) is 45.2. The molecule has 20 atom stereocenters. The van der Waals surface area contributed by atoms with Crippen LogP contribution in [0.2, 0.25) is 54.4 Å². The fourth-order valence-corrected chi connectivity index (χ4v) is 29.2. The molecule has 0 bridgehead atoms. The van der Waals surface area contributed by atoms with E-state index >= 15 is 0 Å². The molecule has 0 aromatic carbocycles. The molecule has 16 rings (SSSR count). The maximum absolute atomic E-state index is 12.3. The van der Waals surface area contributed by atoms with Gasteiger partial charge in [0.2, 0.25) is 0 Å². The Morgan fingerprint density at radius 1 is 0.398 bits per heavy atom. The van der Waals surface area contributed by atoms with Crippen LogP contribution >= 0.6 is 0 Å². The summed E-state index contributed by atoms with van der Waals surface area (Å²) in [5, 5.41) is 20.1. The molecule has 0 amide bonds. The van der Waals surface area contributed by atoms with Gasteiger partial charge in [0.25, 0.3) is 0 Å². The minimum atomic E-state index is -1.74. The Balaban J connectivity index is 0.000000134. The molecule has 113 heavy (non-hydrogen) atoms. The maximum atomic E-state index is 12.3. The normalized spacial score (nSPS) is 41.6. The Kier molecular flexibility index (Phi) is 26.6. The number of hydrogen-bond donors (Lipinski definition) is 2. The number of ether oxygens (including phenoxy) is 8. The predicted octanol–water partition coefficient (Wildman–Crippen LogP) is 20.9. The molecule has 0 radical (unpaired) electrons. The lowest BCUT2D eigenvalue weighted by atomic mass is 9.62. The minimum Gasteiger partial charge on any atom is -0.515 e.